The second-order valence-electron chi connectivity index (χ2n) is 5.52. The third-order valence-corrected chi connectivity index (χ3v) is 4.68. The fraction of sp³-hybridized carbons (Fsp3) is 0.167. The van der Waals surface area contributed by atoms with Gasteiger partial charge in [0, 0.05) is 23.4 Å². The zero-order valence-electron chi connectivity index (χ0n) is 14.6. The summed E-state index contributed by atoms with van der Waals surface area (Å²) in [5.74, 6) is -0.843. The number of amides is 3. The number of ether oxygens (including phenoxy) is 1. The molecule has 0 atom stereocenters. The lowest BCUT2D eigenvalue weighted by molar-refractivity contribution is -0.124. The Balaban J connectivity index is 1.78. The normalized spacial score (nSPS) is 10.1. The van der Waals surface area contributed by atoms with Crippen LogP contribution in [0.15, 0.2) is 40.9 Å². The molecule has 0 heterocycles. The van der Waals surface area contributed by atoms with Gasteiger partial charge < -0.3 is 10.1 Å². The third kappa shape index (κ3) is 6.40. The molecule has 10 heteroatoms. The first-order valence-corrected chi connectivity index (χ1v) is 9.52. The molecule has 3 N–H and O–H groups in total. The van der Waals surface area contributed by atoms with E-state index in [2.05, 4.69) is 32.1 Å². The summed E-state index contributed by atoms with van der Waals surface area (Å²) in [4.78, 5) is 35.8. The molecular formula is C18H16BrCl2N3O4. The number of hydrazine groups is 1. The minimum absolute atomic E-state index is 0.0885. The topological polar surface area (TPSA) is 96.5 Å². The van der Waals surface area contributed by atoms with Crippen molar-refractivity contribution >= 4 is 62.5 Å². The molecule has 2 rings (SSSR count). The van der Waals surface area contributed by atoms with Gasteiger partial charge in [0.1, 0.15) is 5.75 Å². The van der Waals surface area contributed by atoms with E-state index >= 15 is 0 Å². The highest BCUT2D eigenvalue weighted by atomic mass is 79.9. The number of hydrogen-bond acceptors (Lipinski definition) is 4. The predicted octanol–water partition coefficient (Wildman–Crippen LogP) is 3.94. The van der Waals surface area contributed by atoms with Crippen molar-refractivity contribution in [3.63, 3.8) is 0 Å². The minimum atomic E-state index is -0.515. The van der Waals surface area contributed by atoms with E-state index in [0.29, 0.717) is 31.5 Å². The van der Waals surface area contributed by atoms with E-state index in [1.54, 1.807) is 30.3 Å². The zero-order valence-corrected chi connectivity index (χ0v) is 17.7. The van der Waals surface area contributed by atoms with Crippen LogP contribution in [0, 0.1) is 0 Å². The standard InChI is InChI=1S/C18H16BrCl2N3O4/c1-28-15-5-2-10(8-12(15)19)18(27)24-23-17(26)7-6-16(25)22-14-4-3-11(20)9-13(14)21/h2-5,8-9H,6-7H2,1H3,(H,22,25)(H,23,26)(H,24,27). The molecule has 0 aliphatic heterocycles. The summed E-state index contributed by atoms with van der Waals surface area (Å²) < 4.78 is 5.69. The number of carbonyl (C=O) groups excluding carboxylic acids is 3. The van der Waals surface area contributed by atoms with E-state index in [-0.39, 0.29) is 12.8 Å². The van der Waals surface area contributed by atoms with Gasteiger partial charge in [0.05, 0.1) is 22.3 Å². The summed E-state index contributed by atoms with van der Waals surface area (Å²) >= 11 is 15.0. The number of hydrogen-bond donors (Lipinski definition) is 3. The maximum atomic E-state index is 12.1. The fourth-order valence-electron chi connectivity index (χ4n) is 2.10. The summed E-state index contributed by atoms with van der Waals surface area (Å²) in [7, 11) is 1.51. The highest BCUT2D eigenvalue weighted by molar-refractivity contribution is 9.10. The van der Waals surface area contributed by atoms with Crippen molar-refractivity contribution in [3.8, 4) is 5.75 Å². The number of halogens is 3. The van der Waals surface area contributed by atoms with Crippen LogP contribution in [-0.2, 0) is 9.59 Å². The van der Waals surface area contributed by atoms with Crippen molar-refractivity contribution in [2.75, 3.05) is 12.4 Å². The van der Waals surface area contributed by atoms with E-state index in [9.17, 15) is 14.4 Å². The first-order valence-electron chi connectivity index (χ1n) is 7.97. The van der Waals surface area contributed by atoms with Gasteiger partial charge in [-0.05, 0) is 52.3 Å². The zero-order chi connectivity index (χ0) is 20.7. The SMILES string of the molecule is COc1ccc(C(=O)NNC(=O)CCC(=O)Nc2ccc(Cl)cc2Cl)cc1Br. The monoisotopic (exact) mass is 487 g/mol. The van der Waals surface area contributed by atoms with Crippen LogP contribution in [-0.4, -0.2) is 24.8 Å². The number of rotatable bonds is 6. The summed E-state index contributed by atoms with van der Waals surface area (Å²) in [6, 6.07) is 9.38. The molecule has 2 aromatic carbocycles. The lowest BCUT2D eigenvalue weighted by Crippen LogP contribution is -2.41. The van der Waals surface area contributed by atoms with Crippen molar-refractivity contribution in [1.29, 1.82) is 0 Å². The van der Waals surface area contributed by atoms with Crippen LogP contribution < -0.4 is 20.9 Å². The fourth-order valence-corrected chi connectivity index (χ4v) is 3.10. The Morgan fingerprint density at radius 3 is 2.36 bits per heavy atom. The summed E-state index contributed by atoms with van der Waals surface area (Å²) in [5, 5.41) is 3.33. The Hall–Kier alpha value is -2.29. The van der Waals surface area contributed by atoms with Crippen LogP contribution in [0.3, 0.4) is 0 Å². The molecule has 28 heavy (non-hydrogen) atoms. The summed E-state index contributed by atoms with van der Waals surface area (Å²) in [6.45, 7) is 0. The van der Waals surface area contributed by atoms with E-state index in [4.69, 9.17) is 27.9 Å². The van der Waals surface area contributed by atoms with Gasteiger partial charge in [-0.15, -0.1) is 0 Å². The quantitative estimate of drug-likeness (QED) is 0.536. The Bertz CT molecular complexity index is 908. The van der Waals surface area contributed by atoms with Crippen LogP contribution in [0.5, 0.6) is 5.75 Å². The highest BCUT2D eigenvalue weighted by Gasteiger charge is 2.12. The van der Waals surface area contributed by atoms with Crippen LogP contribution >= 0.6 is 39.1 Å². The number of carbonyl (C=O) groups is 3. The average molecular weight is 489 g/mol. The van der Waals surface area contributed by atoms with Gasteiger partial charge in [-0.1, -0.05) is 23.2 Å². The van der Waals surface area contributed by atoms with Crippen molar-refractivity contribution in [2.45, 2.75) is 12.8 Å². The van der Waals surface area contributed by atoms with E-state index < -0.39 is 17.7 Å². The number of methoxy groups -OCH3 is 1. The number of benzene rings is 2. The molecule has 148 valence electrons. The molecule has 2 aromatic rings. The molecule has 3 amide bonds. The van der Waals surface area contributed by atoms with E-state index in [1.807, 2.05) is 0 Å². The lowest BCUT2D eigenvalue weighted by Gasteiger charge is -2.10. The van der Waals surface area contributed by atoms with Crippen molar-refractivity contribution in [1.82, 2.24) is 10.9 Å². The molecule has 0 radical (unpaired) electrons. The minimum Gasteiger partial charge on any atom is -0.496 e. The van der Waals surface area contributed by atoms with Gasteiger partial charge in [-0.2, -0.15) is 0 Å². The van der Waals surface area contributed by atoms with Gasteiger partial charge >= 0.3 is 0 Å². The summed E-state index contributed by atoms with van der Waals surface area (Å²) in [5.41, 5.74) is 5.26. The van der Waals surface area contributed by atoms with Crippen molar-refractivity contribution in [3.05, 3.63) is 56.5 Å². The van der Waals surface area contributed by atoms with Gasteiger partial charge in [-0.3, -0.25) is 25.2 Å². The molecule has 0 saturated heterocycles. The molecule has 0 saturated carbocycles. The Morgan fingerprint density at radius 1 is 1.00 bits per heavy atom. The maximum Gasteiger partial charge on any atom is 0.269 e. The molecule has 7 nitrogen and oxygen atoms in total. The van der Waals surface area contributed by atoms with Crippen LogP contribution in [0.1, 0.15) is 23.2 Å². The van der Waals surface area contributed by atoms with Gasteiger partial charge in [0.25, 0.3) is 5.91 Å². The van der Waals surface area contributed by atoms with Crippen LogP contribution in [0.25, 0.3) is 0 Å². The average Bonchev–Trinajstić information content (AvgIpc) is 2.66. The second kappa shape index (κ2) is 10.3. The Morgan fingerprint density at radius 2 is 1.71 bits per heavy atom. The first-order chi connectivity index (χ1) is 13.3. The number of anilines is 1. The molecule has 0 bridgehead atoms. The van der Waals surface area contributed by atoms with Crippen molar-refractivity contribution in [2.24, 2.45) is 0 Å². The smallest absolute Gasteiger partial charge is 0.269 e. The molecular weight excluding hydrogens is 473 g/mol. The Kier molecular flexibility index (Phi) is 8.10. The van der Waals surface area contributed by atoms with Gasteiger partial charge in [-0.25, -0.2) is 0 Å². The number of nitrogens with one attached hydrogen (secondary N) is 3. The lowest BCUT2D eigenvalue weighted by atomic mass is 10.2. The van der Waals surface area contributed by atoms with Crippen LogP contribution in [0.2, 0.25) is 10.0 Å². The van der Waals surface area contributed by atoms with Crippen molar-refractivity contribution < 1.29 is 19.1 Å². The first kappa shape index (κ1) is 22.0. The largest absolute Gasteiger partial charge is 0.496 e. The molecule has 0 fully saturated rings. The highest BCUT2D eigenvalue weighted by Crippen LogP contribution is 2.26. The third-order valence-electron chi connectivity index (χ3n) is 3.51. The molecule has 0 aliphatic rings. The van der Waals surface area contributed by atoms with E-state index in [1.165, 1.54) is 13.2 Å². The molecule has 0 aliphatic carbocycles. The predicted molar refractivity (Wildman–Crippen MR) is 111 cm³/mol. The molecule has 0 aromatic heterocycles. The van der Waals surface area contributed by atoms with Crippen LogP contribution in [0.4, 0.5) is 5.69 Å². The summed E-state index contributed by atoms with van der Waals surface area (Å²) in [6.07, 6.45) is -0.210. The maximum absolute atomic E-state index is 12.1. The van der Waals surface area contributed by atoms with Gasteiger partial charge in [0.2, 0.25) is 11.8 Å². The van der Waals surface area contributed by atoms with Gasteiger partial charge in [0.15, 0.2) is 0 Å². The van der Waals surface area contributed by atoms with E-state index in [0.717, 1.165) is 0 Å². The molecule has 0 unspecified atom stereocenters. The second-order valence-corrected chi connectivity index (χ2v) is 7.22. The Labute approximate surface area is 179 Å². The molecule has 0 spiro atoms.